The van der Waals surface area contributed by atoms with Gasteiger partial charge in [0, 0.05) is 31.0 Å². The van der Waals surface area contributed by atoms with Gasteiger partial charge in [0.25, 0.3) is 5.88 Å². The zero-order valence-electron chi connectivity index (χ0n) is 18.6. The second-order valence-corrected chi connectivity index (χ2v) is 8.05. The highest BCUT2D eigenvalue weighted by molar-refractivity contribution is 6.08. The number of carbonyl (C=O) groups excluding carboxylic acids is 2. The number of nitrogens with zero attached hydrogens (tertiary/aromatic N) is 4. The number of esters is 1. The fourth-order valence-electron chi connectivity index (χ4n) is 4.12. The van der Waals surface area contributed by atoms with Crippen molar-refractivity contribution in [3.05, 3.63) is 72.3 Å². The summed E-state index contributed by atoms with van der Waals surface area (Å²) in [6.07, 6.45) is 4.77. The molecule has 1 fully saturated rings. The van der Waals surface area contributed by atoms with Crippen molar-refractivity contribution in [3.63, 3.8) is 0 Å². The molecule has 0 radical (unpaired) electrons. The third-order valence-corrected chi connectivity index (χ3v) is 5.84. The van der Waals surface area contributed by atoms with Crippen molar-refractivity contribution in [3.8, 4) is 11.6 Å². The van der Waals surface area contributed by atoms with Crippen LogP contribution in [0.25, 0.3) is 11.0 Å². The number of hydrogen-bond donors (Lipinski definition) is 1. The molecular weight excluding hydrogens is 434 g/mol. The van der Waals surface area contributed by atoms with Crippen LogP contribution in [0.3, 0.4) is 0 Å². The zero-order valence-corrected chi connectivity index (χ0v) is 18.6. The Bertz CT molecular complexity index is 1300. The Kier molecular flexibility index (Phi) is 5.90. The molecule has 172 valence electrons. The van der Waals surface area contributed by atoms with Crippen LogP contribution in [-0.4, -0.2) is 51.9 Å². The molecule has 5 rings (SSSR count). The van der Waals surface area contributed by atoms with Gasteiger partial charge in [-0.1, -0.05) is 12.1 Å². The third kappa shape index (κ3) is 4.32. The molecule has 0 amide bonds. The number of carbonyl (C=O) groups is 2. The molecule has 1 unspecified atom stereocenters. The van der Waals surface area contributed by atoms with Crippen LogP contribution in [0.2, 0.25) is 0 Å². The van der Waals surface area contributed by atoms with Crippen molar-refractivity contribution >= 4 is 28.6 Å². The number of imidazole rings is 1. The quantitative estimate of drug-likeness (QED) is 0.344. The van der Waals surface area contributed by atoms with E-state index in [4.69, 9.17) is 9.47 Å². The molecule has 1 atom stereocenters. The first-order valence-electron chi connectivity index (χ1n) is 11.0. The van der Waals surface area contributed by atoms with Gasteiger partial charge >= 0.3 is 5.97 Å². The van der Waals surface area contributed by atoms with Gasteiger partial charge in [-0.15, -0.1) is 0 Å². The molecular formula is C25H23N5O4. The number of piperidine rings is 1. The molecule has 0 bridgehead atoms. The lowest BCUT2D eigenvalue weighted by molar-refractivity contribution is -0.145. The first-order valence-corrected chi connectivity index (χ1v) is 11.0. The Balaban J connectivity index is 1.32. The van der Waals surface area contributed by atoms with Gasteiger partial charge in [-0.2, -0.15) is 0 Å². The maximum atomic E-state index is 12.9. The third-order valence-electron chi connectivity index (χ3n) is 5.84. The smallest absolute Gasteiger partial charge is 0.310 e. The fraction of sp³-hybridized carbons (Fsp3) is 0.240. The van der Waals surface area contributed by atoms with Gasteiger partial charge < -0.3 is 19.4 Å². The molecule has 34 heavy (non-hydrogen) atoms. The first kappa shape index (κ1) is 21.6. The number of ether oxygens (including phenoxy) is 2. The topological polar surface area (TPSA) is 110 Å². The molecule has 0 aliphatic carbocycles. The molecule has 0 spiro atoms. The van der Waals surface area contributed by atoms with Gasteiger partial charge in [0.1, 0.15) is 5.75 Å². The van der Waals surface area contributed by atoms with Crippen LogP contribution >= 0.6 is 0 Å². The van der Waals surface area contributed by atoms with Crippen LogP contribution in [0.15, 0.2) is 60.9 Å². The number of rotatable bonds is 6. The van der Waals surface area contributed by atoms with Crippen LogP contribution in [0.1, 0.15) is 29.0 Å². The lowest BCUT2D eigenvalue weighted by Gasteiger charge is -2.32. The summed E-state index contributed by atoms with van der Waals surface area (Å²) in [5.74, 6) is 1.08. The molecule has 4 aromatic rings. The maximum Gasteiger partial charge on any atom is 0.310 e. The maximum absolute atomic E-state index is 12.9. The molecule has 9 nitrogen and oxygen atoms in total. The van der Waals surface area contributed by atoms with Crippen LogP contribution < -0.4 is 9.64 Å². The largest absolute Gasteiger partial charge is 0.469 e. The number of aromatic amines is 1. The Hall–Kier alpha value is -4.27. The molecule has 9 heteroatoms. The van der Waals surface area contributed by atoms with Crippen LogP contribution in [0, 0.1) is 5.92 Å². The normalized spacial score (nSPS) is 15.8. The van der Waals surface area contributed by atoms with Gasteiger partial charge in [0.2, 0.25) is 5.78 Å². The Morgan fingerprint density at radius 1 is 1.06 bits per heavy atom. The summed E-state index contributed by atoms with van der Waals surface area (Å²) in [6.45, 7) is 1.24. The number of para-hydroxylation sites is 2. The van der Waals surface area contributed by atoms with Crippen LogP contribution in [0.5, 0.6) is 11.6 Å². The van der Waals surface area contributed by atoms with Gasteiger partial charge in [-0.25, -0.2) is 15.0 Å². The second kappa shape index (κ2) is 9.30. The number of hydrogen-bond acceptors (Lipinski definition) is 8. The minimum absolute atomic E-state index is 0.204. The Morgan fingerprint density at radius 2 is 1.85 bits per heavy atom. The minimum Gasteiger partial charge on any atom is -0.469 e. The zero-order chi connectivity index (χ0) is 23.5. The lowest BCUT2D eigenvalue weighted by atomic mass is 9.98. The number of aromatic nitrogens is 4. The van der Waals surface area contributed by atoms with Crippen molar-refractivity contribution < 1.29 is 19.1 Å². The van der Waals surface area contributed by atoms with Crippen molar-refractivity contribution in [2.75, 3.05) is 25.1 Å². The highest BCUT2D eigenvalue weighted by atomic mass is 16.5. The standard InChI is InChI=1S/C25H23N5O4/c1-33-25(32)17-5-4-14-30(15-17)23-24(27-13-12-26-23)34-18-10-8-16(9-11-18)21(31)22-28-19-6-2-3-7-20(19)29-22/h2-3,6-13,17H,4-5,14-15H2,1H3,(H,28,29). The lowest BCUT2D eigenvalue weighted by Crippen LogP contribution is -2.39. The van der Waals surface area contributed by atoms with E-state index in [0.717, 1.165) is 30.4 Å². The molecule has 3 heterocycles. The van der Waals surface area contributed by atoms with E-state index >= 15 is 0 Å². The van der Waals surface area contributed by atoms with E-state index in [1.807, 2.05) is 29.2 Å². The predicted molar refractivity (Wildman–Crippen MR) is 125 cm³/mol. The second-order valence-electron chi connectivity index (χ2n) is 8.05. The predicted octanol–water partition coefficient (Wildman–Crippen LogP) is 3.77. The van der Waals surface area contributed by atoms with Gasteiger partial charge in [-0.05, 0) is 49.2 Å². The van der Waals surface area contributed by atoms with E-state index in [1.54, 1.807) is 36.7 Å². The highest BCUT2D eigenvalue weighted by Crippen LogP contribution is 2.31. The van der Waals surface area contributed by atoms with E-state index in [1.165, 1.54) is 7.11 Å². The van der Waals surface area contributed by atoms with Crippen molar-refractivity contribution in [2.45, 2.75) is 12.8 Å². The average molecular weight is 457 g/mol. The molecule has 1 aliphatic rings. The molecule has 0 saturated carbocycles. The van der Waals surface area contributed by atoms with Gasteiger partial charge in [0.15, 0.2) is 11.6 Å². The number of H-pyrrole nitrogens is 1. The number of methoxy groups -OCH3 is 1. The summed E-state index contributed by atoms with van der Waals surface area (Å²) < 4.78 is 10.9. The monoisotopic (exact) mass is 457 g/mol. The summed E-state index contributed by atoms with van der Waals surface area (Å²) >= 11 is 0. The SMILES string of the molecule is COC(=O)C1CCCN(c2nccnc2Oc2ccc(C(=O)c3nc4ccccc4[nH]3)cc2)C1. The van der Waals surface area contributed by atoms with Gasteiger partial charge in [0.05, 0.1) is 24.1 Å². The van der Waals surface area contributed by atoms with E-state index < -0.39 is 0 Å². The molecule has 1 aliphatic heterocycles. The van der Waals surface area contributed by atoms with E-state index in [9.17, 15) is 9.59 Å². The van der Waals surface area contributed by atoms with Crippen molar-refractivity contribution in [1.29, 1.82) is 0 Å². The molecule has 1 saturated heterocycles. The number of fused-ring (bicyclic) bond motifs is 1. The first-order chi connectivity index (χ1) is 16.6. The van der Waals surface area contributed by atoms with E-state index in [2.05, 4.69) is 19.9 Å². The molecule has 2 aromatic carbocycles. The fourth-order valence-corrected chi connectivity index (χ4v) is 4.12. The van der Waals surface area contributed by atoms with Crippen LogP contribution in [0.4, 0.5) is 5.82 Å². The summed E-state index contributed by atoms with van der Waals surface area (Å²) in [5.41, 5.74) is 2.05. The number of anilines is 1. The Labute approximate surface area is 195 Å². The number of ketones is 1. The molecule has 2 aromatic heterocycles. The highest BCUT2D eigenvalue weighted by Gasteiger charge is 2.29. The van der Waals surface area contributed by atoms with Gasteiger partial charge in [-0.3, -0.25) is 9.59 Å². The summed E-state index contributed by atoms with van der Waals surface area (Å²) in [7, 11) is 1.40. The number of benzene rings is 2. The van der Waals surface area contributed by atoms with Crippen molar-refractivity contribution in [2.24, 2.45) is 5.92 Å². The Morgan fingerprint density at radius 3 is 2.65 bits per heavy atom. The van der Waals surface area contributed by atoms with E-state index in [-0.39, 0.29) is 23.5 Å². The summed E-state index contributed by atoms with van der Waals surface area (Å²) in [6, 6.07) is 14.3. The summed E-state index contributed by atoms with van der Waals surface area (Å²) in [5, 5.41) is 0. The van der Waals surface area contributed by atoms with Crippen molar-refractivity contribution in [1.82, 2.24) is 19.9 Å². The average Bonchev–Trinajstić information content (AvgIpc) is 3.33. The minimum atomic E-state index is -0.222. The van der Waals surface area contributed by atoms with Crippen LogP contribution in [-0.2, 0) is 9.53 Å². The number of nitrogens with one attached hydrogen (secondary N) is 1. The van der Waals surface area contributed by atoms with E-state index in [0.29, 0.717) is 29.6 Å². The summed E-state index contributed by atoms with van der Waals surface area (Å²) in [4.78, 5) is 43.1. The molecule has 1 N–H and O–H groups in total.